The number of carbonyl (C=O) groups excluding carboxylic acids is 2. The highest BCUT2D eigenvalue weighted by atomic mass is 16.2. The van der Waals surface area contributed by atoms with Crippen molar-refractivity contribution in [2.45, 2.75) is 63.5 Å². The van der Waals surface area contributed by atoms with Crippen LogP contribution in [-0.2, 0) is 9.59 Å². The second-order valence-electron chi connectivity index (χ2n) is 7.10. The smallest absolute Gasteiger partial charge is 0.224 e. The Kier molecular flexibility index (Phi) is 5.89. The lowest BCUT2D eigenvalue weighted by molar-refractivity contribution is -0.135. The lowest BCUT2D eigenvalue weighted by Crippen LogP contribution is -2.47. The minimum atomic E-state index is -0.252. The molecule has 0 aromatic heterocycles. The van der Waals surface area contributed by atoms with Crippen molar-refractivity contribution in [2.75, 3.05) is 0 Å². The summed E-state index contributed by atoms with van der Waals surface area (Å²) in [5.41, 5.74) is 0. The molecule has 0 saturated heterocycles. The highest BCUT2D eigenvalue weighted by molar-refractivity contribution is 5.88. The summed E-state index contributed by atoms with van der Waals surface area (Å²) < 4.78 is 0. The van der Waals surface area contributed by atoms with Crippen LogP contribution in [0.3, 0.4) is 0 Å². The first kappa shape index (κ1) is 17.0. The highest BCUT2D eigenvalue weighted by Crippen LogP contribution is 2.27. The van der Waals surface area contributed by atoms with Gasteiger partial charge in [-0.25, -0.2) is 0 Å². The second kappa shape index (κ2) is 8.32. The zero-order valence-corrected chi connectivity index (χ0v) is 14.2. The SMILES string of the molecule is O=C(N[C@@H]1C=CCCC1)[C@H]1CC=CC[C@H]1C(=O)N[C@@H]1C=CCCC1. The summed E-state index contributed by atoms with van der Waals surface area (Å²) in [6.07, 6.45) is 20.2. The molecule has 0 radical (unpaired) electrons. The van der Waals surface area contributed by atoms with E-state index in [4.69, 9.17) is 0 Å². The number of nitrogens with one attached hydrogen (secondary N) is 2. The molecule has 0 aliphatic heterocycles. The molecule has 2 N–H and O–H groups in total. The summed E-state index contributed by atoms with van der Waals surface area (Å²) in [5, 5.41) is 6.25. The molecule has 3 rings (SSSR count). The highest BCUT2D eigenvalue weighted by Gasteiger charge is 2.35. The molecule has 0 bridgehead atoms. The fraction of sp³-hybridized carbons (Fsp3) is 0.600. The molecule has 0 heterocycles. The Balaban J connectivity index is 1.60. The normalized spacial score (nSPS) is 32.3. The Morgan fingerprint density at radius 2 is 1.17 bits per heavy atom. The van der Waals surface area contributed by atoms with Crippen molar-refractivity contribution >= 4 is 11.8 Å². The maximum Gasteiger partial charge on any atom is 0.224 e. The Morgan fingerprint density at radius 3 is 1.54 bits per heavy atom. The first-order valence-electron chi connectivity index (χ1n) is 9.33. The van der Waals surface area contributed by atoms with Crippen molar-refractivity contribution < 1.29 is 9.59 Å². The molecule has 3 aliphatic carbocycles. The quantitative estimate of drug-likeness (QED) is 0.779. The van der Waals surface area contributed by atoms with E-state index in [2.05, 4.69) is 34.9 Å². The minimum Gasteiger partial charge on any atom is -0.350 e. The molecule has 0 fully saturated rings. The van der Waals surface area contributed by atoms with E-state index in [-0.39, 0.29) is 35.7 Å². The lowest BCUT2D eigenvalue weighted by atomic mass is 9.81. The van der Waals surface area contributed by atoms with Crippen molar-refractivity contribution in [1.29, 1.82) is 0 Å². The van der Waals surface area contributed by atoms with Crippen LogP contribution < -0.4 is 10.6 Å². The summed E-state index contributed by atoms with van der Waals surface area (Å²) in [4.78, 5) is 25.4. The van der Waals surface area contributed by atoms with Gasteiger partial charge in [0.2, 0.25) is 11.8 Å². The van der Waals surface area contributed by atoms with Crippen LogP contribution in [0.25, 0.3) is 0 Å². The van der Waals surface area contributed by atoms with Crippen LogP contribution in [0.2, 0.25) is 0 Å². The Bertz CT molecular complexity index is 502. The van der Waals surface area contributed by atoms with Crippen LogP contribution in [0.15, 0.2) is 36.5 Å². The summed E-state index contributed by atoms with van der Waals surface area (Å²) in [6.45, 7) is 0. The molecule has 3 aliphatic rings. The van der Waals surface area contributed by atoms with E-state index in [0.29, 0.717) is 12.8 Å². The number of carbonyl (C=O) groups is 2. The van der Waals surface area contributed by atoms with Gasteiger partial charge in [0.05, 0.1) is 11.8 Å². The molecule has 0 saturated carbocycles. The van der Waals surface area contributed by atoms with E-state index < -0.39 is 0 Å². The van der Waals surface area contributed by atoms with Gasteiger partial charge in [0.1, 0.15) is 0 Å². The van der Waals surface area contributed by atoms with Crippen LogP contribution in [0.1, 0.15) is 51.4 Å². The number of hydrogen-bond donors (Lipinski definition) is 2. The monoisotopic (exact) mass is 328 g/mol. The average molecular weight is 328 g/mol. The van der Waals surface area contributed by atoms with Gasteiger partial charge in [-0.3, -0.25) is 9.59 Å². The van der Waals surface area contributed by atoms with Gasteiger partial charge >= 0.3 is 0 Å². The minimum absolute atomic E-state index is 0.0234. The molecule has 24 heavy (non-hydrogen) atoms. The maximum absolute atomic E-state index is 12.7. The molecule has 4 atom stereocenters. The number of amides is 2. The number of rotatable bonds is 4. The third-order valence-electron chi connectivity index (χ3n) is 5.27. The Hall–Kier alpha value is -1.84. The molecule has 130 valence electrons. The molecule has 4 heteroatoms. The van der Waals surface area contributed by atoms with E-state index in [1.165, 1.54) is 0 Å². The summed E-state index contributed by atoms with van der Waals surface area (Å²) in [5.74, 6) is -0.457. The van der Waals surface area contributed by atoms with E-state index in [1.807, 2.05) is 12.2 Å². The predicted molar refractivity (Wildman–Crippen MR) is 95.2 cm³/mol. The van der Waals surface area contributed by atoms with Gasteiger partial charge in [0.25, 0.3) is 0 Å². The summed E-state index contributed by atoms with van der Waals surface area (Å²) in [7, 11) is 0. The number of allylic oxidation sites excluding steroid dienone is 4. The fourth-order valence-corrected chi connectivity index (χ4v) is 3.84. The predicted octanol–water partition coefficient (Wildman–Crippen LogP) is 3.02. The van der Waals surface area contributed by atoms with Crippen molar-refractivity contribution in [3.63, 3.8) is 0 Å². The largest absolute Gasteiger partial charge is 0.350 e. The molecular formula is C20H28N2O2. The topological polar surface area (TPSA) is 58.2 Å². The molecule has 0 spiro atoms. The zero-order valence-electron chi connectivity index (χ0n) is 14.2. The molecule has 2 amide bonds. The standard InChI is InChI=1S/C20H28N2O2/c23-19(21-15-9-3-1-4-10-15)17-13-7-8-14-18(17)20(24)22-16-11-5-2-6-12-16/h3,5,7-9,11,15-18H,1-2,4,6,10,12-14H2,(H,21,23)(H,22,24)/t15-,16-,17-,18+/m1/s1. The van der Waals surface area contributed by atoms with E-state index in [9.17, 15) is 9.59 Å². The van der Waals surface area contributed by atoms with Crippen molar-refractivity contribution in [2.24, 2.45) is 11.8 Å². The summed E-state index contributed by atoms with van der Waals surface area (Å²) >= 11 is 0. The van der Waals surface area contributed by atoms with Crippen LogP contribution >= 0.6 is 0 Å². The average Bonchev–Trinajstić information content (AvgIpc) is 2.63. The van der Waals surface area contributed by atoms with Gasteiger partial charge in [-0.2, -0.15) is 0 Å². The Labute approximate surface area is 144 Å². The van der Waals surface area contributed by atoms with Gasteiger partial charge < -0.3 is 10.6 Å². The van der Waals surface area contributed by atoms with Gasteiger partial charge in [-0.05, 0) is 51.4 Å². The molecule has 0 unspecified atom stereocenters. The molecular weight excluding hydrogens is 300 g/mol. The van der Waals surface area contributed by atoms with Crippen molar-refractivity contribution in [3.05, 3.63) is 36.5 Å². The molecule has 4 nitrogen and oxygen atoms in total. The van der Waals surface area contributed by atoms with E-state index >= 15 is 0 Å². The van der Waals surface area contributed by atoms with Gasteiger partial charge in [0, 0.05) is 12.1 Å². The van der Waals surface area contributed by atoms with Gasteiger partial charge in [-0.15, -0.1) is 0 Å². The zero-order chi connectivity index (χ0) is 16.8. The van der Waals surface area contributed by atoms with Crippen LogP contribution in [0.4, 0.5) is 0 Å². The second-order valence-corrected chi connectivity index (χ2v) is 7.10. The van der Waals surface area contributed by atoms with Gasteiger partial charge in [0.15, 0.2) is 0 Å². The number of hydrogen-bond acceptors (Lipinski definition) is 2. The van der Waals surface area contributed by atoms with Crippen LogP contribution in [0.5, 0.6) is 0 Å². The van der Waals surface area contributed by atoms with E-state index in [1.54, 1.807) is 0 Å². The third kappa shape index (κ3) is 4.37. The van der Waals surface area contributed by atoms with Gasteiger partial charge in [-0.1, -0.05) is 36.5 Å². The van der Waals surface area contributed by atoms with Crippen LogP contribution in [0, 0.1) is 11.8 Å². The molecule has 0 aromatic carbocycles. The van der Waals surface area contributed by atoms with E-state index in [0.717, 1.165) is 38.5 Å². The van der Waals surface area contributed by atoms with Crippen LogP contribution in [-0.4, -0.2) is 23.9 Å². The van der Waals surface area contributed by atoms with Crippen molar-refractivity contribution in [3.8, 4) is 0 Å². The fourth-order valence-electron chi connectivity index (χ4n) is 3.84. The lowest BCUT2D eigenvalue weighted by Gasteiger charge is -2.30. The summed E-state index contributed by atoms with van der Waals surface area (Å²) in [6, 6.07) is 0.254. The van der Waals surface area contributed by atoms with Crippen molar-refractivity contribution in [1.82, 2.24) is 10.6 Å². The third-order valence-corrected chi connectivity index (χ3v) is 5.27. The Morgan fingerprint density at radius 1 is 0.708 bits per heavy atom. The first-order chi connectivity index (χ1) is 11.7. The first-order valence-corrected chi connectivity index (χ1v) is 9.33. The molecule has 0 aromatic rings. The maximum atomic E-state index is 12.7.